The first-order chi connectivity index (χ1) is 8.74. The summed E-state index contributed by atoms with van der Waals surface area (Å²) >= 11 is 0. The fourth-order valence-corrected chi connectivity index (χ4v) is 1.87. The minimum atomic E-state index is -0.599. The predicted molar refractivity (Wildman–Crippen MR) is 66.6 cm³/mol. The Morgan fingerprint density at radius 3 is 2.83 bits per heavy atom. The van der Waals surface area contributed by atoms with Gasteiger partial charge in [0, 0.05) is 18.5 Å². The van der Waals surface area contributed by atoms with E-state index in [-0.39, 0.29) is 17.5 Å². The van der Waals surface area contributed by atoms with Crippen LogP contribution >= 0.6 is 0 Å². The highest BCUT2D eigenvalue weighted by atomic mass is 16.4. The molecule has 1 amide bonds. The van der Waals surface area contributed by atoms with Crippen molar-refractivity contribution in [2.24, 2.45) is 0 Å². The average molecular weight is 244 g/mol. The summed E-state index contributed by atoms with van der Waals surface area (Å²) < 4.78 is 5.12. The highest BCUT2D eigenvalue weighted by Gasteiger charge is 2.21. The van der Waals surface area contributed by atoms with E-state index in [4.69, 9.17) is 4.42 Å². The van der Waals surface area contributed by atoms with E-state index in [1.807, 2.05) is 6.07 Å². The normalized spacial score (nSPS) is 15.3. The van der Waals surface area contributed by atoms with Gasteiger partial charge in [0.25, 0.3) is 5.91 Å². The predicted octanol–water partition coefficient (Wildman–Crippen LogP) is 0.495. The maximum atomic E-state index is 11.9. The lowest BCUT2D eigenvalue weighted by atomic mass is 10.1. The van der Waals surface area contributed by atoms with Crippen LogP contribution in [0.1, 0.15) is 10.4 Å². The summed E-state index contributed by atoms with van der Waals surface area (Å²) in [7, 11) is 0. The van der Waals surface area contributed by atoms with Gasteiger partial charge in [-0.3, -0.25) is 4.79 Å². The molecule has 92 valence electrons. The third-order valence-corrected chi connectivity index (χ3v) is 3.00. The molecule has 1 fully saturated rings. The van der Waals surface area contributed by atoms with Crippen LogP contribution < -0.4 is 16.3 Å². The van der Waals surface area contributed by atoms with E-state index in [2.05, 4.69) is 10.6 Å². The molecule has 18 heavy (non-hydrogen) atoms. The molecule has 5 nitrogen and oxygen atoms in total. The molecule has 0 radical (unpaired) electrons. The molecule has 0 atom stereocenters. The fourth-order valence-electron chi connectivity index (χ4n) is 1.87. The average Bonchev–Trinajstić information content (AvgIpc) is 2.32. The van der Waals surface area contributed by atoms with Crippen molar-refractivity contribution in [2.45, 2.75) is 6.04 Å². The molecule has 0 spiro atoms. The van der Waals surface area contributed by atoms with Gasteiger partial charge in [0.05, 0.1) is 6.04 Å². The molecule has 3 rings (SSSR count). The van der Waals surface area contributed by atoms with Crippen LogP contribution in [0.15, 0.2) is 39.5 Å². The highest BCUT2D eigenvalue weighted by molar-refractivity contribution is 5.96. The van der Waals surface area contributed by atoms with E-state index in [0.29, 0.717) is 5.58 Å². The number of amides is 1. The van der Waals surface area contributed by atoms with E-state index in [1.54, 1.807) is 24.3 Å². The second-order valence-electron chi connectivity index (χ2n) is 4.31. The lowest BCUT2D eigenvalue weighted by molar-refractivity contribution is 0.0920. The molecule has 2 heterocycles. The minimum Gasteiger partial charge on any atom is -0.422 e. The number of benzene rings is 1. The van der Waals surface area contributed by atoms with Crippen LogP contribution in [0.3, 0.4) is 0 Å². The molecule has 1 aliphatic heterocycles. The Kier molecular flexibility index (Phi) is 2.60. The number of carbonyl (C=O) groups is 1. The van der Waals surface area contributed by atoms with E-state index in [9.17, 15) is 9.59 Å². The summed E-state index contributed by atoms with van der Waals surface area (Å²) in [5.41, 5.74) is -0.0524. The molecule has 1 aromatic carbocycles. The van der Waals surface area contributed by atoms with Crippen molar-refractivity contribution in [3.05, 3.63) is 46.3 Å². The van der Waals surface area contributed by atoms with Gasteiger partial charge in [-0.25, -0.2) is 4.79 Å². The third kappa shape index (κ3) is 1.89. The number of rotatable bonds is 2. The van der Waals surface area contributed by atoms with Crippen molar-refractivity contribution in [2.75, 3.05) is 13.1 Å². The quantitative estimate of drug-likeness (QED) is 0.754. The Morgan fingerprint density at radius 2 is 2.11 bits per heavy atom. The molecule has 0 bridgehead atoms. The van der Waals surface area contributed by atoms with Crippen molar-refractivity contribution >= 4 is 16.9 Å². The SMILES string of the molecule is O=C(NC1CNC1)c1cc2ccccc2oc1=O. The first-order valence-electron chi connectivity index (χ1n) is 5.78. The number of carbonyl (C=O) groups excluding carboxylic acids is 1. The number of hydrogen-bond acceptors (Lipinski definition) is 4. The number of fused-ring (bicyclic) bond motifs is 1. The second-order valence-corrected chi connectivity index (χ2v) is 4.31. The Hall–Kier alpha value is -2.14. The van der Waals surface area contributed by atoms with Gasteiger partial charge >= 0.3 is 5.63 Å². The zero-order chi connectivity index (χ0) is 12.5. The van der Waals surface area contributed by atoms with Gasteiger partial charge in [-0.05, 0) is 12.1 Å². The number of hydrogen-bond donors (Lipinski definition) is 2. The molecule has 1 saturated heterocycles. The molecule has 1 aromatic heterocycles. The highest BCUT2D eigenvalue weighted by Crippen LogP contribution is 2.12. The van der Waals surface area contributed by atoms with Gasteiger partial charge in [0.1, 0.15) is 11.1 Å². The molecule has 1 aliphatic rings. The van der Waals surface area contributed by atoms with Crippen LogP contribution in [0.4, 0.5) is 0 Å². The third-order valence-electron chi connectivity index (χ3n) is 3.00. The summed E-state index contributed by atoms with van der Waals surface area (Å²) in [6, 6.07) is 8.80. The fraction of sp³-hybridized carbons (Fsp3) is 0.231. The lowest BCUT2D eigenvalue weighted by Gasteiger charge is -2.27. The largest absolute Gasteiger partial charge is 0.422 e. The number of para-hydroxylation sites is 1. The summed E-state index contributed by atoms with van der Waals surface area (Å²) in [4.78, 5) is 23.6. The summed E-state index contributed by atoms with van der Waals surface area (Å²) in [5.74, 6) is -0.374. The van der Waals surface area contributed by atoms with Gasteiger partial charge in [0.2, 0.25) is 0 Å². The van der Waals surface area contributed by atoms with Crippen molar-refractivity contribution in [1.82, 2.24) is 10.6 Å². The van der Waals surface area contributed by atoms with Crippen molar-refractivity contribution in [3.63, 3.8) is 0 Å². The monoisotopic (exact) mass is 244 g/mol. The topological polar surface area (TPSA) is 71.3 Å². The number of nitrogens with one attached hydrogen (secondary N) is 2. The van der Waals surface area contributed by atoms with E-state index in [1.165, 1.54) is 0 Å². The molecule has 5 heteroatoms. The maximum absolute atomic E-state index is 11.9. The van der Waals surface area contributed by atoms with Crippen LogP contribution in [0.25, 0.3) is 11.0 Å². The standard InChI is InChI=1S/C13H12N2O3/c16-12(15-9-6-14-7-9)10-5-8-3-1-2-4-11(8)18-13(10)17/h1-5,9,14H,6-7H2,(H,15,16). The summed E-state index contributed by atoms with van der Waals surface area (Å²) in [6.07, 6.45) is 0. The first-order valence-corrected chi connectivity index (χ1v) is 5.78. The Morgan fingerprint density at radius 1 is 1.33 bits per heavy atom. The summed E-state index contributed by atoms with van der Waals surface area (Å²) in [5, 5.41) is 6.57. The molecule has 0 saturated carbocycles. The van der Waals surface area contributed by atoms with Crippen LogP contribution in [-0.2, 0) is 0 Å². The van der Waals surface area contributed by atoms with Gasteiger partial charge in [-0.1, -0.05) is 18.2 Å². The summed E-state index contributed by atoms with van der Waals surface area (Å²) in [6.45, 7) is 1.48. The smallest absolute Gasteiger partial charge is 0.349 e. The van der Waals surface area contributed by atoms with Crippen LogP contribution in [0, 0.1) is 0 Å². The molecule has 2 aromatic rings. The molecular weight excluding hydrogens is 232 g/mol. The van der Waals surface area contributed by atoms with Crippen molar-refractivity contribution in [3.8, 4) is 0 Å². The second kappa shape index (κ2) is 4.27. The Balaban J connectivity index is 1.97. The van der Waals surface area contributed by atoms with Gasteiger partial charge in [0.15, 0.2) is 0 Å². The maximum Gasteiger partial charge on any atom is 0.349 e. The van der Waals surface area contributed by atoms with Crippen LogP contribution in [-0.4, -0.2) is 25.0 Å². The lowest BCUT2D eigenvalue weighted by Crippen LogP contribution is -2.57. The van der Waals surface area contributed by atoms with E-state index in [0.717, 1.165) is 18.5 Å². The van der Waals surface area contributed by atoms with E-state index < -0.39 is 5.63 Å². The van der Waals surface area contributed by atoms with Gasteiger partial charge in [-0.2, -0.15) is 0 Å². The van der Waals surface area contributed by atoms with E-state index >= 15 is 0 Å². The van der Waals surface area contributed by atoms with Gasteiger partial charge < -0.3 is 15.1 Å². The van der Waals surface area contributed by atoms with Crippen LogP contribution in [0.5, 0.6) is 0 Å². The molecule has 0 unspecified atom stereocenters. The Labute approximate surface area is 103 Å². The van der Waals surface area contributed by atoms with Crippen molar-refractivity contribution < 1.29 is 9.21 Å². The zero-order valence-electron chi connectivity index (χ0n) is 9.60. The Bertz CT molecular complexity index is 659. The molecule has 2 N–H and O–H groups in total. The van der Waals surface area contributed by atoms with Crippen molar-refractivity contribution in [1.29, 1.82) is 0 Å². The first kappa shape index (κ1) is 11.0. The van der Waals surface area contributed by atoms with Crippen LogP contribution in [0.2, 0.25) is 0 Å². The van der Waals surface area contributed by atoms with Gasteiger partial charge in [-0.15, -0.1) is 0 Å². The zero-order valence-corrected chi connectivity index (χ0v) is 9.60. The molecular formula is C13H12N2O3. The molecule has 0 aliphatic carbocycles. The minimum absolute atomic E-state index is 0.0561.